The molecule has 36 heavy (non-hydrogen) atoms. The van der Waals surface area contributed by atoms with Gasteiger partial charge in [-0.1, -0.05) is 43.1 Å². The molecule has 1 unspecified atom stereocenters. The molecule has 0 aliphatic carbocycles. The van der Waals surface area contributed by atoms with Gasteiger partial charge < -0.3 is 14.2 Å². The fourth-order valence-electron chi connectivity index (χ4n) is 4.48. The number of benzene rings is 1. The highest BCUT2D eigenvalue weighted by Gasteiger charge is 2.21. The molecular weight excluding hydrogens is 454 g/mol. The third-order valence-corrected chi connectivity index (χ3v) is 6.16. The average molecular weight is 490 g/mol. The normalized spacial score (nSPS) is 17.4. The zero-order valence-corrected chi connectivity index (χ0v) is 21.5. The lowest BCUT2D eigenvalue weighted by Crippen LogP contribution is -2.34. The largest absolute Gasteiger partial charge is 0.475 e. The number of aryl methyl sites for hydroxylation is 1. The molecule has 1 saturated heterocycles. The smallest absolute Gasteiger partial charge is 0.351 e. The summed E-state index contributed by atoms with van der Waals surface area (Å²) in [4.78, 5) is 19.0. The van der Waals surface area contributed by atoms with Gasteiger partial charge in [0, 0.05) is 30.3 Å². The Morgan fingerprint density at radius 3 is 3.00 bits per heavy atom. The van der Waals surface area contributed by atoms with Gasteiger partial charge in [0.2, 0.25) is 5.88 Å². The third kappa shape index (κ3) is 6.73. The molecule has 0 saturated carbocycles. The Labute approximate surface area is 213 Å². The van der Waals surface area contributed by atoms with Crippen molar-refractivity contribution in [1.82, 2.24) is 14.5 Å². The summed E-state index contributed by atoms with van der Waals surface area (Å²) in [5, 5.41) is 0. The standard InChI is InChI=1S/C29H35N3O4/c1-4-7-23(8-5-2)19-31(3)13-6-9-22-10-11-26-24(17-22)12-14-32-27(26)18-28(30-29(32)33)36-21-25-20-34-15-16-35-25/h4,7-8,10-11,17-18,25H,5,12-16,19-21H2,1-3H3/b7-4-,23-8+. The van der Waals surface area contributed by atoms with Crippen molar-refractivity contribution in [2.24, 2.45) is 0 Å². The molecule has 1 atom stereocenters. The Hall–Kier alpha value is -3.18. The molecule has 2 aliphatic heterocycles. The number of likely N-dealkylation sites (N-methyl/N-ethyl adjacent to an activating group) is 1. The summed E-state index contributed by atoms with van der Waals surface area (Å²) in [7, 11) is 2.09. The van der Waals surface area contributed by atoms with E-state index in [4.69, 9.17) is 14.2 Å². The molecule has 190 valence electrons. The second-order valence-electron chi connectivity index (χ2n) is 9.08. The topological polar surface area (TPSA) is 65.8 Å². The highest BCUT2D eigenvalue weighted by atomic mass is 16.6. The van der Waals surface area contributed by atoms with Crippen molar-refractivity contribution in [2.45, 2.75) is 39.3 Å². The van der Waals surface area contributed by atoms with E-state index in [0.717, 1.165) is 36.2 Å². The van der Waals surface area contributed by atoms with Gasteiger partial charge in [-0.25, -0.2) is 4.79 Å². The lowest BCUT2D eigenvalue weighted by atomic mass is 9.95. The van der Waals surface area contributed by atoms with E-state index in [1.807, 2.05) is 25.1 Å². The van der Waals surface area contributed by atoms with Gasteiger partial charge in [0.1, 0.15) is 12.7 Å². The molecule has 1 fully saturated rings. The van der Waals surface area contributed by atoms with Gasteiger partial charge in [0.05, 0.1) is 32.1 Å². The first-order valence-corrected chi connectivity index (χ1v) is 12.6. The highest BCUT2D eigenvalue weighted by Crippen LogP contribution is 2.30. The summed E-state index contributed by atoms with van der Waals surface area (Å²) in [5.41, 5.74) is 5.02. The Kier molecular flexibility index (Phi) is 9.12. The van der Waals surface area contributed by atoms with E-state index in [-0.39, 0.29) is 11.8 Å². The minimum absolute atomic E-state index is 0.149. The average Bonchev–Trinajstić information content (AvgIpc) is 2.88. The quantitative estimate of drug-likeness (QED) is 0.418. The monoisotopic (exact) mass is 489 g/mol. The lowest BCUT2D eigenvalue weighted by molar-refractivity contribution is -0.102. The molecule has 0 amide bonds. The summed E-state index contributed by atoms with van der Waals surface area (Å²) in [6, 6.07) is 8.04. The maximum Gasteiger partial charge on any atom is 0.351 e. The van der Waals surface area contributed by atoms with Crippen LogP contribution in [0.5, 0.6) is 5.88 Å². The fourth-order valence-corrected chi connectivity index (χ4v) is 4.48. The van der Waals surface area contributed by atoms with Crippen LogP contribution in [0.3, 0.4) is 0 Å². The van der Waals surface area contributed by atoms with E-state index in [9.17, 15) is 4.79 Å². The number of nitrogens with zero attached hydrogens (tertiary/aromatic N) is 3. The number of hydrogen-bond acceptors (Lipinski definition) is 6. The molecule has 7 heteroatoms. The maximum absolute atomic E-state index is 12.7. The van der Waals surface area contributed by atoms with Crippen molar-refractivity contribution < 1.29 is 14.2 Å². The molecule has 0 bridgehead atoms. The molecular formula is C29H35N3O4. The van der Waals surface area contributed by atoms with Crippen molar-refractivity contribution in [1.29, 1.82) is 0 Å². The number of fused-ring (bicyclic) bond motifs is 3. The lowest BCUT2D eigenvalue weighted by Gasteiger charge is -2.24. The van der Waals surface area contributed by atoms with Gasteiger partial charge in [0.25, 0.3) is 0 Å². The van der Waals surface area contributed by atoms with E-state index < -0.39 is 0 Å². The number of aromatic nitrogens is 2. The molecule has 7 nitrogen and oxygen atoms in total. The van der Waals surface area contributed by atoms with Crippen LogP contribution in [0.2, 0.25) is 0 Å². The summed E-state index contributed by atoms with van der Waals surface area (Å²) in [6.45, 7) is 8.29. The molecule has 0 spiro atoms. The van der Waals surface area contributed by atoms with Gasteiger partial charge in [-0.2, -0.15) is 4.98 Å². The van der Waals surface area contributed by atoms with Crippen molar-refractivity contribution in [3.63, 3.8) is 0 Å². The van der Waals surface area contributed by atoms with E-state index in [1.54, 1.807) is 4.57 Å². The maximum atomic E-state index is 12.7. The first-order valence-electron chi connectivity index (χ1n) is 12.6. The second kappa shape index (κ2) is 12.7. The Morgan fingerprint density at radius 1 is 1.33 bits per heavy atom. The molecule has 2 aromatic rings. The zero-order chi connectivity index (χ0) is 25.3. The molecule has 0 radical (unpaired) electrons. The summed E-state index contributed by atoms with van der Waals surface area (Å²) in [6.07, 6.45) is 8.12. The Balaban J connectivity index is 1.45. The van der Waals surface area contributed by atoms with Crippen LogP contribution in [-0.4, -0.2) is 67.1 Å². The Bertz CT molecular complexity index is 1230. The minimum atomic E-state index is -0.296. The molecule has 2 aliphatic rings. The van der Waals surface area contributed by atoms with E-state index in [1.165, 1.54) is 11.1 Å². The molecule has 3 heterocycles. The first-order chi connectivity index (χ1) is 17.6. The van der Waals surface area contributed by atoms with E-state index in [0.29, 0.717) is 45.4 Å². The second-order valence-corrected chi connectivity index (χ2v) is 9.08. The Morgan fingerprint density at radius 2 is 2.22 bits per heavy atom. The number of allylic oxidation sites excluding steroid dienone is 2. The van der Waals surface area contributed by atoms with E-state index >= 15 is 0 Å². The number of hydrogen-bond donors (Lipinski definition) is 0. The SMILES string of the molecule is C/C=C\C(=C/CC)CN(C)CC#Cc1ccc2c(c1)CCn1c-2cc(OCC2COCCO2)nc1=O. The highest BCUT2D eigenvalue weighted by molar-refractivity contribution is 5.68. The van der Waals surface area contributed by atoms with Crippen LogP contribution >= 0.6 is 0 Å². The van der Waals surface area contributed by atoms with Crippen LogP contribution in [0.15, 0.2) is 52.9 Å². The summed E-state index contributed by atoms with van der Waals surface area (Å²) in [5.74, 6) is 6.92. The third-order valence-electron chi connectivity index (χ3n) is 6.16. The van der Waals surface area contributed by atoms with Crippen LogP contribution in [0.1, 0.15) is 31.4 Å². The summed E-state index contributed by atoms with van der Waals surface area (Å²) >= 11 is 0. The van der Waals surface area contributed by atoms with Gasteiger partial charge in [-0.15, -0.1) is 0 Å². The molecule has 1 aromatic carbocycles. The molecule has 4 rings (SSSR count). The van der Waals surface area contributed by atoms with E-state index in [2.05, 4.69) is 60.0 Å². The summed E-state index contributed by atoms with van der Waals surface area (Å²) < 4.78 is 18.5. The van der Waals surface area contributed by atoms with Gasteiger partial charge in [-0.3, -0.25) is 9.47 Å². The van der Waals surface area contributed by atoms with Crippen LogP contribution in [-0.2, 0) is 22.4 Å². The fraction of sp³-hybridized carbons (Fsp3) is 0.448. The van der Waals surface area contributed by atoms with Crippen molar-refractivity contribution >= 4 is 0 Å². The first kappa shape index (κ1) is 25.9. The van der Waals surface area contributed by atoms with Crippen LogP contribution in [0, 0.1) is 11.8 Å². The zero-order valence-electron chi connectivity index (χ0n) is 21.5. The van der Waals surface area contributed by atoms with Crippen molar-refractivity contribution in [3.05, 3.63) is 69.7 Å². The van der Waals surface area contributed by atoms with Crippen LogP contribution in [0.25, 0.3) is 11.3 Å². The predicted molar refractivity (Wildman–Crippen MR) is 141 cm³/mol. The van der Waals surface area contributed by atoms with Crippen LogP contribution < -0.4 is 10.4 Å². The van der Waals surface area contributed by atoms with Gasteiger partial charge in [-0.05, 0) is 50.1 Å². The molecule has 1 aromatic heterocycles. The van der Waals surface area contributed by atoms with Gasteiger partial charge >= 0.3 is 5.69 Å². The number of ether oxygens (including phenoxy) is 3. The predicted octanol–water partition coefficient (Wildman–Crippen LogP) is 3.46. The van der Waals surface area contributed by atoms with Crippen molar-refractivity contribution in [2.75, 3.05) is 46.6 Å². The molecule has 0 N–H and O–H groups in total. The van der Waals surface area contributed by atoms with Gasteiger partial charge in [0.15, 0.2) is 0 Å². The van der Waals surface area contributed by atoms with Crippen LogP contribution in [0.4, 0.5) is 0 Å². The van der Waals surface area contributed by atoms with Crippen molar-refractivity contribution in [3.8, 4) is 29.0 Å². The number of rotatable bonds is 8. The minimum Gasteiger partial charge on any atom is -0.475 e.